The van der Waals surface area contributed by atoms with E-state index in [1.807, 2.05) is 30.3 Å². The maximum Gasteiger partial charge on any atom is 0.271 e. The number of fused-ring (bicyclic) bond motifs is 2. The van der Waals surface area contributed by atoms with Crippen LogP contribution in [0.15, 0.2) is 30.3 Å². The summed E-state index contributed by atoms with van der Waals surface area (Å²) in [4.78, 5) is 54.4. The number of hydrogen-bond acceptors (Lipinski definition) is 4. The van der Waals surface area contributed by atoms with Crippen LogP contribution in [0, 0.1) is 11.8 Å². The Morgan fingerprint density at radius 2 is 2.10 bits per heavy atom. The van der Waals surface area contributed by atoms with Gasteiger partial charge in [-0.05, 0) is 43.7 Å². The Bertz CT molecular complexity index is 998. The van der Waals surface area contributed by atoms with E-state index in [1.54, 1.807) is 4.90 Å². The van der Waals surface area contributed by atoms with Gasteiger partial charge in [0.05, 0.1) is 6.04 Å². The number of carbonyl (C=O) groups is 4. The quantitative estimate of drug-likeness (QED) is 0.619. The third kappa shape index (κ3) is 3.26. The molecule has 3 heterocycles. The largest absolute Gasteiger partial charge is 0.356 e. The summed E-state index contributed by atoms with van der Waals surface area (Å²) in [6, 6.07) is 8.24. The molecule has 3 N–H and O–H groups in total. The van der Waals surface area contributed by atoms with Crippen molar-refractivity contribution in [2.24, 2.45) is 11.8 Å². The molecule has 0 bridgehead atoms. The molecule has 0 unspecified atom stereocenters. The van der Waals surface area contributed by atoms with Crippen LogP contribution in [0.2, 0.25) is 0 Å². The molecule has 2 saturated heterocycles. The molecule has 5 rings (SSSR count). The fraction of sp³-hybridized carbons (Fsp3) is 0.455. The van der Waals surface area contributed by atoms with Gasteiger partial charge < -0.3 is 25.3 Å². The lowest BCUT2D eigenvalue weighted by atomic mass is 9.98. The summed E-state index contributed by atoms with van der Waals surface area (Å²) in [6.45, 7) is 0.599. The summed E-state index contributed by atoms with van der Waals surface area (Å²) in [5.74, 6) is -0.504. The number of hydrogen-bond donors (Lipinski definition) is 3. The molecule has 1 aliphatic carbocycles. The highest BCUT2D eigenvalue weighted by molar-refractivity contribution is 6.01. The second-order valence-electron chi connectivity index (χ2n) is 8.56. The monoisotopic (exact) mass is 408 g/mol. The first-order valence-corrected chi connectivity index (χ1v) is 10.5. The van der Waals surface area contributed by atoms with E-state index in [4.69, 9.17) is 0 Å². The lowest BCUT2D eigenvalue weighted by molar-refractivity contribution is -0.129. The van der Waals surface area contributed by atoms with Gasteiger partial charge in [-0.3, -0.25) is 14.4 Å². The normalized spacial score (nSPS) is 28.1. The minimum Gasteiger partial charge on any atom is -0.356 e. The van der Waals surface area contributed by atoms with Gasteiger partial charge in [-0.1, -0.05) is 18.2 Å². The summed E-state index contributed by atoms with van der Waals surface area (Å²) < 4.78 is 0. The van der Waals surface area contributed by atoms with Crippen LogP contribution in [0.4, 0.5) is 0 Å². The molecule has 8 nitrogen and oxygen atoms in total. The summed E-state index contributed by atoms with van der Waals surface area (Å²) in [5.41, 5.74) is 1.35. The van der Waals surface area contributed by atoms with Crippen molar-refractivity contribution in [3.63, 3.8) is 0 Å². The van der Waals surface area contributed by atoms with Gasteiger partial charge in [-0.15, -0.1) is 0 Å². The van der Waals surface area contributed by atoms with Crippen LogP contribution < -0.4 is 10.6 Å². The van der Waals surface area contributed by atoms with Gasteiger partial charge >= 0.3 is 0 Å². The molecular formula is C22H24N4O4. The Kier molecular flexibility index (Phi) is 4.56. The molecular weight excluding hydrogens is 384 g/mol. The van der Waals surface area contributed by atoms with Crippen molar-refractivity contribution in [3.05, 3.63) is 36.0 Å². The molecule has 3 aliphatic rings. The van der Waals surface area contributed by atoms with E-state index >= 15 is 0 Å². The number of aldehydes is 1. The van der Waals surface area contributed by atoms with E-state index in [2.05, 4.69) is 15.6 Å². The molecule has 156 valence electrons. The van der Waals surface area contributed by atoms with Crippen molar-refractivity contribution in [1.29, 1.82) is 0 Å². The van der Waals surface area contributed by atoms with Crippen molar-refractivity contribution in [1.82, 2.24) is 20.5 Å². The minimum absolute atomic E-state index is 0.0752. The van der Waals surface area contributed by atoms with Gasteiger partial charge in [0, 0.05) is 29.4 Å². The number of para-hydroxylation sites is 1. The van der Waals surface area contributed by atoms with E-state index < -0.39 is 12.1 Å². The number of piperidine rings is 1. The fourth-order valence-electron chi connectivity index (χ4n) is 4.91. The van der Waals surface area contributed by atoms with Crippen LogP contribution >= 0.6 is 0 Å². The Labute approximate surface area is 173 Å². The number of benzene rings is 1. The standard InChI is InChI=1S/C22H24N4O4/c27-11-15(7-13-5-6-23-20(13)28)24-21(29)19-10-14-9-18(14)26(19)22(30)17-8-12-3-1-2-4-16(12)25-17/h1-4,8,11,13-15,18-19,25H,5-7,9-10H2,(H,23,28)(H,24,29)/t13-,14-,15-,18-,19-/m0/s1. The number of amides is 3. The zero-order valence-corrected chi connectivity index (χ0v) is 16.5. The molecule has 8 heteroatoms. The van der Waals surface area contributed by atoms with Crippen molar-refractivity contribution >= 4 is 34.9 Å². The number of likely N-dealkylation sites (tertiary alicyclic amines) is 1. The van der Waals surface area contributed by atoms with Crippen LogP contribution in [0.5, 0.6) is 0 Å². The number of aromatic nitrogens is 1. The van der Waals surface area contributed by atoms with Gasteiger partial charge in [-0.2, -0.15) is 0 Å². The fourth-order valence-corrected chi connectivity index (χ4v) is 4.91. The van der Waals surface area contributed by atoms with Gasteiger partial charge in [0.15, 0.2) is 0 Å². The molecule has 3 amide bonds. The smallest absolute Gasteiger partial charge is 0.271 e. The summed E-state index contributed by atoms with van der Waals surface area (Å²) in [6.07, 6.45) is 3.16. The molecule has 1 aromatic heterocycles. The van der Waals surface area contributed by atoms with Gasteiger partial charge in [0.2, 0.25) is 11.8 Å². The molecule has 0 radical (unpaired) electrons. The second-order valence-corrected chi connectivity index (χ2v) is 8.56. The molecule has 5 atom stereocenters. The Morgan fingerprint density at radius 1 is 1.27 bits per heavy atom. The molecule has 2 aromatic rings. The second kappa shape index (κ2) is 7.27. The third-order valence-electron chi connectivity index (χ3n) is 6.60. The number of aromatic amines is 1. The molecule has 1 saturated carbocycles. The lowest BCUT2D eigenvalue weighted by Crippen LogP contribution is -2.51. The van der Waals surface area contributed by atoms with Gasteiger partial charge in [0.1, 0.15) is 18.0 Å². The number of nitrogens with one attached hydrogen (secondary N) is 3. The van der Waals surface area contributed by atoms with Crippen molar-refractivity contribution < 1.29 is 19.2 Å². The molecule has 1 aromatic carbocycles. The Hall–Kier alpha value is -3.16. The summed E-state index contributed by atoms with van der Waals surface area (Å²) in [7, 11) is 0. The van der Waals surface area contributed by atoms with Crippen LogP contribution in [0.1, 0.15) is 36.2 Å². The van der Waals surface area contributed by atoms with Crippen molar-refractivity contribution in [2.45, 2.75) is 43.8 Å². The SMILES string of the molecule is O=C[C@H](C[C@@H]1CCNC1=O)NC(=O)[C@@H]1C[C@@H]2C[C@@H]2N1C(=O)c1cc2ccccc2[nH]1. The Morgan fingerprint density at radius 3 is 2.83 bits per heavy atom. The number of rotatable bonds is 6. The van der Waals surface area contributed by atoms with Crippen LogP contribution in [-0.4, -0.2) is 58.6 Å². The first-order chi connectivity index (χ1) is 14.5. The molecule has 2 aliphatic heterocycles. The summed E-state index contributed by atoms with van der Waals surface area (Å²) in [5, 5.41) is 6.46. The van der Waals surface area contributed by atoms with Gasteiger partial charge in [0.25, 0.3) is 5.91 Å². The zero-order chi connectivity index (χ0) is 20.8. The first kappa shape index (κ1) is 18.8. The maximum absolute atomic E-state index is 13.2. The van der Waals surface area contributed by atoms with Gasteiger partial charge in [-0.25, -0.2) is 0 Å². The highest BCUT2D eigenvalue weighted by Crippen LogP contribution is 2.48. The molecule has 30 heavy (non-hydrogen) atoms. The van der Waals surface area contributed by atoms with E-state index in [0.717, 1.165) is 17.3 Å². The predicted octanol–water partition coefficient (Wildman–Crippen LogP) is 0.981. The van der Waals surface area contributed by atoms with E-state index in [-0.39, 0.29) is 36.1 Å². The topological polar surface area (TPSA) is 111 Å². The van der Waals surface area contributed by atoms with Crippen LogP contribution in [0.25, 0.3) is 10.9 Å². The highest BCUT2D eigenvalue weighted by Gasteiger charge is 2.56. The number of carbonyl (C=O) groups excluding carboxylic acids is 4. The van der Waals surface area contributed by atoms with E-state index in [1.165, 1.54) is 0 Å². The predicted molar refractivity (Wildman–Crippen MR) is 108 cm³/mol. The Balaban J connectivity index is 1.30. The number of H-pyrrole nitrogens is 1. The van der Waals surface area contributed by atoms with Crippen LogP contribution in [0.3, 0.4) is 0 Å². The highest BCUT2D eigenvalue weighted by atomic mass is 16.2. The molecule has 0 spiro atoms. The third-order valence-corrected chi connectivity index (χ3v) is 6.60. The van der Waals surface area contributed by atoms with Crippen molar-refractivity contribution in [2.75, 3.05) is 6.54 Å². The minimum atomic E-state index is -0.728. The van der Waals surface area contributed by atoms with E-state index in [9.17, 15) is 19.2 Å². The van der Waals surface area contributed by atoms with Crippen LogP contribution in [-0.2, 0) is 14.4 Å². The lowest BCUT2D eigenvalue weighted by Gasteiger charge is -2.27. The molecule has 3 fully saturated rings. The average Bonchev–Trinajstić information content (AvgIpc) is 3.09. The number of nitrogens with zero attached hydrogens (tertiary/aromatic N) is 1. The van der Waals surface area contributed by atoms with E-state index in [0.29, 0.717) is 37.3 Å². The zero-order valence-electron chi connectivity index (χ0n) is 16.5. The van der Waals surface area contributed by atoms with Crippen molar-refractivity contribution in [3.8, 4) is 0 Å². The first-order valence-electron chi connectivity index (χ1n) is 10.5. The average molecular weight is 408 g/mol. The maximum atomic E-state index is 13.2. The summed E-state index contributed by atoms with van der Waals surface area (Å²) >= 11 is 0.